The van der Waals surface area contributed by atoms with Crippen LogP contribution in [-0.2, 0) is 0 Å². The molecule has 0 radical (unpaired) electrons. The number of aryl methyl sites for hydroxylation is 2. The third-order valence-corrected chi connectivity index (χ3v) is 5.18. The topological polar surface area (TPSA) is 66.0 Å². The Bertz CT molecular complexity index is 1010. The molecule has 0 saturated carbocycles. The summed E-state index contributed by atoms with van der Waals surface area (Å²) < 4.78 is 16.6. The summed E-state index contributed by atoms with van der Waals surface area (Å²) in [7, 11) is 1.57. The summed E-state index contributed by atoms with van der Waals surface area (Å²) in [6.45, 7) is 3.85. The maximum atomic E-state index is 13.3. The maximum absolute atomic E-state index is 13.3. The molecular weight excluding hydrogens is 375 g/mol. The number of amides is 1. The lowest BCUT2D eigenvalue weighted by Gasteiger charge is -2.15. The molecule has 0 unspecified atom stereocenters. The van der Waals surface area contributed by atoms with Crippen LogP contribution < -0.4 is 15.4 Å². The first-order valence-electron chi connectivity index (χ1n) is 8.71. The Balaban J connectivity index is 1.91. The summed E-state index contributed by atoms with van der Waals surface area (Å²) in [5.74, 6) is 0.0993. The zero-order chi connectivity index (χ0) is 20.1. The molecule has 5 nitrogen and oxygen atoms in total. The zero-order valence-corrected chi connectivity index (χ0v) is 16.7. The number of nitrogens with one attached hydrogen (secondary N) is 3. The first-order chi connectivity index (χ1) is 13.5. The van der Waals surface area contributed by atoms with E-state index in [1.165, 1.54) is 30.3 Å². The van der Waals surface area contributed by atoms with Gasteiger partial charge in [-0.15, -0.1) is 0 Å². The fourth-order valence-electron chi connectivity index (χ4n) is 2.59. The van der Waals surface area contributed by atoms with Gasteiger partial charge < -0.3 is 15.4 Å². The van der Waals surface area contributed by atoms with Crippen LogP contribution in [0, 0.1) is 19.7 Å². The molecule has 0 atom stereocenters. The number of pyridine rings is 1. The SMILES string of the molecule is CNC(=O)c1cnc(Nc2ccccc2C)c(NSc2ccc(F)cc2C)c1. The highest BCUT2D eigenvalue weighted by Gasteiger charge is 2.12. The highest BCUT2D eigenvalue weighted by molar-refractivity contribution is 8.00. The number of nitrogens with zero attached hydrogens (tertiary/aromatic N) is 1. The van der Waals surface area contributed by atoms with Crippen molar-refractivity contribution in [3.8, 4) is 0 Å². The van der Waals surface area contributed by atoms with Crippen LogP contribution in [0.15, 0.2) is 59.6 Å². The van der Waals surface area contributed by atoms with Crippen LogP contribution in [0.1, 0.15) is 21.5 Å². The smallest absolute Gasteiger partial charge is 0.252 e. The molecule has 144 valence electrons. The van der Waals surface area contributed by atoms with Gasteiger partial charge in [0, 0.05) is 23.8 Å². The predicted octanol–water partition coefficient (Wildman–Crippen LogP) is 5.06. The van der Waals surface area contributed by atoms with E-state index in [9.17, 15) is 9.18 Å². The lowest BCUT2D eigenvalue weighted by atomic mass is 10.2. The first-order valence-corrected chi connectivity index (χ1v) is 9.53. The van der Waals surface area contributed by atoms with E-state index >= 15 is 0 Å². The van der Waals surface area contributed by atoms with Crippen molar-refractivity contribution in [3.05, 3.63) is 77.2 Å². The average Bonchev–Trinajstić information content (AvgIpc) is 2.69. The molecule has 2 aromatic carbocycles. The number of hydrogen-bond donors (Lipinski definition) is 3. The number of aromatic nitrogens is 1. The third kappa shape index (κ3) is 4.61. The molecule has 0 fully saturated rings. The van der Waals surface area contributed by atoms with Gasteiger partial charge >= 0.3 is 0 Å². The van der Waals surface area contributed by atoms with Gasteiger partial charge in [0.25, 0.3) is 5.91 Å². The van der Waals surface area contributed by atoms with Gasteiger partial charge in [-0.1, -0.05) is 18.2 Å². The lowest BCUT2D eigenvalue weighted by molar-refractivity contribution is 0.0963. The van der Waals surface area contributed by atoms with Crippen molar-refractivity contribution in [1.82, 2.24) is 10.3 Å². The van der Waals surface area contributed by atoms with Gasteiger partial charge in [0.2, 0.25) is 0 Å². The minimum absolute atomic E-state index is 0.221. The monoisotopic (exact) mass is 396 g/mol. The molecular formula is C21H21FN4OS. The molecule has 0 aliphatic rings. The van der Waals surface area contributed by atoms with Gasteiger partial charge in [-0.25, -0.2) is 9.37 Å². The first kappa shape index (κ1) is 19.7. The van der Waals surface area contributed by atoms with Gasteiger partial charge in [0.15, 0.2) is 5.82 Å². The normalized spacial score (nSPS) is 10.4. The largest absolute Gasteiger partial charge is 0.355 e. The number of anilines is 3. The van der Waals surface area contributed by atoms with Crippen molar-refractivity contribution >= 4 is 35.0 Å². The number of rotatable bonds is 6. The minimum Gasteiger partial charge on any atom is -0.355 e. The second-order valence-corrected chi connectivity index (χ2v) is 7.10. The van der Waals surface area contributed by atoms with Gasteiger partial charge in [-0.3, -0.25) is 4.79 Å². The molecule has 3 aromatic rings. The summed E-state index contributed by atoms with van der Waals surface area (Å²) in [5, 5.41) is 5.91. The lowest BCUT2D eigenvalue weighted by Crippen LogP contribution is -2.18. The Morgan fingerprint density at radius 2 is 1.82 bits per heavy atom. The van der Waals surface area contributed by atoms with Crippen molar-refractivity contribution in [3.63, 3.8) is 0 Å². The molecule has 28 heavy (non-hydrogen) atoms. The molecule has 3 N–H and O–H groups in total. The second-order valence-electron chi connectivity index (χ2n) is 6.25. The Labute approximate surface area is 167 Å². The Morgan fingerprint density at radius 1 is 1.04 bits per heavy atom. The molecule has 0 aliphatic carbocycles. The Morgan fingerprint density at radius 3 is 2.54 bits per heavy atom. The number of carbonyl (C=O) groups is 1. The van der Waals surface area contributed by atoms with Crippen molar-refractivity contribution in [1.29, 1.82) is 0 Å². The molecule has 1 aromatic heterocycles. The fourth-order valence-corrected chi connectivity index (χ4v) is 3.32. The van der Waals surface area contributed by atoms with E-state index in [0.717, 1.165) is 21.7 Å². The van der Waals surface area contributed by atoms with Gasteiger partial charge in [-0.2, -0.15) is 0 Å². The number of hydrogen-bond acceptors (Lipinski definition) is 5. The van der Waals surface area contributed by atoms with Crippen LogP contribution in [0.3, 0.4) is 0 Å². The molecule has 0 saturated heterocycles. The van der Waals surface area contributed by atoms with Crippen LogP contribution in [0.2, 0.25) is 0 Å². The molecule has 7 heteroatoms. The quantitative estimate of drug-likeness (QED) is 0.508. The summed E-state index contributed by atoms with van der Waals surface area (Å²) in [6, 6.07) is 14.2. The van der Waals surface area contributed by atoms with E-state index in [4.69, 9.17) is 0 Å². The third-order valence-electron chi connectivity index (χ3n) is 4.18. The maximum Gasteiger partial charge on any atom is 0.252 e. The summed E-state index contributed by atoms with van der Waals surface area (Å²) in [4.78, 5) is 17.3. The van der Waals surface area contributed by atoms with Crippen molar-refractivity contribution in [2.75, 3.05) is 17.1 Å². The van der Waals surface area contributed by atoms with Gasteiger partial charge in [-0.05, 0) is 67.3 Å². The molecule has 0 bridgehead atoms. The fraction of sp³-hybridized carbons (Fsp3) is 0.143. The molecule has 1 heterocycles. The summed E-state index contributed by atoms with van der Waals surface area (Å²) in [6.07, 6.45) is 1.53. The average molecular weight is 396 g/mol. The standard InChI is InChI=1S/C21H21FN4OS/c1-13-6-4-5-7-17(13)25-20-18(11-15(12-24-20)21(27)23-3)26-28-19-9-8-16(22)10-14(19)2/h4-12,26H,1-3H3,(H,23,27)(H,24,25). The second kappa shape index (κ2) is 8.75. The number of para-hydroxylation sites is 1. The van der Waals surface area contributed by atoms with Crippen molar-refractivity contribution < 1.29 is 9.18 Å². The highest BCUT2D eigenvalue weighted by Crippen LogP contribution is 2.31. The van der Waals surface area contributed by atoms with Gasteiger partial charge in [0.1, 0.15) is 5.82 Å². The van der Waals surface area contributed by atoms with Crippen LogP contribution in [0.5, 0.6) is 0 Å². The number of benzene rings is 2. The van der Waals surface area contributed by atoms with Crippen LogP contribution in [0.25, 0.3) is 0 Å². The molecule has 1 amide bonds. The van der Waals surface area contributed by atoms with Crippen LogP contribution in [-0.4, -0.2) is 17.9 Å². The van der Waals surface area contributed by atoms with Crippen molar-refractivity contribution in [2.24, 2.45) is 0 Å². The van der Waals surface area contributed by atoms with Crippen LogP contribution >= 0.6 is 11.9 Å². The predicted molar refractivity (Wildman–Crippen MR) is 113 cm³/mol. The number of carbonyl (C=O) groups excluding carboxylic acids is 1. The van der Waals surface area contributed by atoms with Crippen molar-refractivity contribution in [2.45, 2.75) is 18.7 Å². The van der Waals surface area contributed by atoms with E-state index in [1.54, 1.807) is 19.2 Å². The molecule has 0 spiro atoms. The van der Waals surface area contributed by atoms with E-state index in [1.807, 2.05) is 38.1 Å². The zero-order valence-electron chi connectivity index (χ0n) is 15.8. The van der Waals surface area contributed by atoms with E-state index < -0.39 is 0 Å². The molecule has 0 aliphatic heterocycles. The van der Waals surface area contributed by atoms with E-state index in [0.29, 0.717) is 17.1 Å². The Hall–Kier alpha value is -3.06. The highest BCUT2D eigenvalue weighted by atomic mass is 32.2. The summed E-state index contributed by atoms with van der Waals surface area (Å²) >= 11 is 1.34. The summed E-state index contributed by atoms with van der Waals surface area (Å²) in [5.41, 5.74) is 3.91. The van der Waals surface area contributed by atoms with Gasteiger partial charge in [0.05, 0.1) is 11.3 Å². The minimum atomic E-state index is -0.271. The molecule has 3 rings (SSSR count). The number of halogens is 1. The van der Waals surface area contributed by atoms with Crippen LogP contribution in [0.4, 0.5) is 21.6 Å². The van der Waals surface area contributed by atoms with E-state index in [2.05, 4.69) is 20.3 Å². The van der Waals surface area contributed by atoms with E-state index in [-0.39, 0.29) is 11.7 Å². The Kier molecular flexibility index (Phi) is 6.16.